The third-order valence-corrected chi connectivity index (χ3v) is 3.25. The molecule has 2 unspecified atom stereocenters. The van der Waals surface area contributed by atoms with E-state index in [9.17, 15) is 10.1 Å². The lowest BCUT2D eigenvalue weighted by molar-refractivity contribution is -0.384. The van der Waals surface area contributed by atoms with Crippen LogP contribution in [0.15, 0.2) is 24.3 Å². The molecule has 1 aromatic rings. The van der Waals surface area contributed by atoms with Crippen LogP contribution in [-0.2, 0) is 6.42 Å². The number of nitro groups is 1. The quantitative estimate of drug-likeness (QED) is 0.447. The first-order valence-corrected chi connectivity index (χ1v) is 5.81. The maximum absolute atomic E-state index is 10.5. The lowest BCUT2D eigenvalue weighted by atomic mass is 9.99. The number of non-ortho nitro benzene ring substituents is 1. The average Bonchev–Trinajstić information content (AvgIpc) is 2.26. The van der Waals surface area contributed by atoms with Crippen molar-refractivity contribution in [2.45, 2.75) is 32.1 Å². The van der Waals surface area contributed by atoms with E-state index in [-0.39, 0.29) is 16.0 Å². The van der Waals surface area contributed by atoms with Gasteiger partial charge in [-0.15, -0.1) is 11.6 Å². The van der Waals surface area contributed by atoms with Crippen LogP contribution in [0.3, 0.4) is 0 Å². The molecule has 1 aromatic carbocycles. The van der Waals surface area contributed by atoms with Gasteiger partial charge in [-0.1, -0.05) is 19.1 Å². The summed E-state index contributed by atoms with van der Waals surface area (Å²) in [4.78, 5) is 10.1. The van der Waals surface area contributed by atoms with Crippen molar-refractivity contribution in [3.05, 3.63) is 39.9 Å². The second-order valence-electron chi connectivity index (χ2n) is 4.12. The maximum atomic E-state index is 10.5. The zero-order valence-corrected chi connectivity index (χ0v) is 10.3. The summed E-state index contributed by atoms with van der Waals surface area (Å²) in [5.41, 5.74) is 1.26. The van der Waals surface area contributed by atoms with Crippen molar-refractivity contribution >= 4 is 17.3 Å². The van der Waals surface area contributed by atoms with Crippen molar-refractivity contribution in [3.63, 3.8) is 0 Å². The van der Waals surface area contributed by atoms with Gasteiger partial charge in [0.2, 0.25) is 0 Å². The predicted molar refractivity (Wildman–Crippen MR) is 65.9 cm³/mol. The second-order valence-corrected chi connectivity index (χ2v) is 4.81. The van der Waals surface area contributed by atoms with E-state index in [4.69, 9.17) is 11.6 Å². The van der Waals surface area contributed by atoms with Crippen LogP contribution in [0.5, 0.6) is 0 Å². The zero-order valence-electron chi connectivity index (χ0n) is 9.52. The first-order valence-electron chi connectivity index (χ1n) is 5.38. The van der Waals surface area contributed by atoms with Gasteiger partial charge in [-0.3, -0.25) is 10.1 Å². The van der Waals surface area contributed by atoms with E-state index in [0.29, 0.717) is 5.92 Å². The lowest BCUT2D eigenvalue weighted by Crippen LogP contribution is -2.07. The van der Waals surface area contributed by atoms with Gasteiger partial charge in [-0.2, -0.15) is 0 Å². The largest absolute Gasteiger partial charge is 0.269 e. The molecule has 0 aliphatic heterocycles. The van der Waals surface area contributed by atoms with Gasteiger partial charge in [0.1, 0.15) is 0 Å². The molecule has 3 nitrogen and oxygen atoms in total. The minimum Gasteiger partial charge on any atom is -0.258 e. The average molecular weight is 242 g/mol. The van der Waals surface area contributed by atoms with Crippen molar-refractivity contribution in [1.29, 1.82) is 0 Å². The highest BCUT2D eigenvalue weighted by molar-refractivity contribution is 6.20. The Morgan fingerprint density at radius 3 is 2.31 bits per heavy atom. The number of alkyl halides is 1. The van der Waals surface area contributed by atoms with E-state index in [2.05, 4.69) is 6.92 Å². The molecular weight excluding hydrogens is 226 g/mol. The SMILES string of the molecule is CC(Cl)C(C)CCc1ccc([N+](=O)[O-])cc1. The Labute approximate surface area is 101 Å². The Bertz CT molecular complexity index is 349. The summed E-state index contributed by atoms with van der Waals surface area (Å²) in [6.45, 7) is 4.10. The molecule has 0 amide bonds. The predicted octanol–water partition coefficient (Wildman–Crippen LogP) is 3.79. The molecule has 0 saturated heterocycles. The molecule has 0 N–H and O–H groups in total. The fraction of sp³-hybridized carbons (Fsp3) is 0.500. The Balaban J connectivity index is 2.53. The Morgan fingerprint density at radius 1 is 1.31 bits per heavy atom. The molecule has 16 heavy (non-hydrogen) atoms. The van der Waals surface area contributed by atoms with E-state index < -0.39 is 0 Å². The molecule has 0 aromatic heterocycles. The lowest BCUT2D eigenvalue weighted by Gasteiger charge is -2.13. The molecule has 0 bridgehead atoms. The van der Waals surface area contributed by atoms with Crippen molar-refractivity contribution in [3.8, 4) is 0 Å². The highest BCUT2D eigenvalue weighted by atomic mass is 35.5. The molecule has 0 aliphatic rings. The minimum absolute atomic E-state index is 0.141. The third kappa shape index (κ3) is 3.81. The second kappa shape index (κ2) is 5.85. The van der Waals surface area contributed by atoms with Gasteiger partial charge in [-0.25, -0.2) is 0 Å². The van der Waals surface area contributed by atoms with E-state index in [1.54, 1.807) is 12.1 Å². The van der Waals surface area contributed by atoms with Crippen LogP contribution in [0.25, 0.3) is 0 Å². The molecule has 0 radical (unpaired) electrons. The molecular formula is C12H16ClNO2. The number of benzene rings is 1. The fourth-order valence-electron chi connectivity index (χ4n) is 1.41. The number of hydrogen-bond acceptors (Lipinski definition) is 2. The summed E-state index contributed by atoms with van der Waals surface area (Å²) in [6.07, 6.45) is 1.92. The summed E-state index contributed by atoms with van der Waals surface area (Å²) in [6, 6.07) is 6.71. The topological polar surface area (TPSA) is 43.1 Å². The van der Waals surface area contributed by atoms with Crippen molar-refractivity contribution in [2.24, 2.45) is 5.92 Å². The Morgan fingerprint density at radius 2 is 1.88 bits per heavy atom. The minimum atomic E-state index is -0.382. The van der Waals surface area contributed by atoms with Gasteiger partial charge < -0.3 is 0 Å². The van der Waals surface area contributed by atoms with Crippen molar-refractivity contribution in [2.75, 3.05) is 0 Å². The number of hydrogen-bond donors (Lipinski definition) is 0. The number of nitro benzene ring substituents is 1. The highest BCUT2D eigenvalue weighted by Crippen LogP contribution is 2.18. The van der Waals surface area contributed by atoms with Crippen LogP contribution in [0, 0.1) is 16.0 Å². The van der Waals surface area contributed by atoms with Crippen molar-refractivity contribution < 1.29 is 4.92 Å². The van der Waals surface area contributed by atoms with Crippen LogP contribution in [-0.4, -0.2) is 10.3 Å². The first kappa shape index (κ1) is 13.0. The standard InChI is InChI=1S/C12H16ClNO2/c1-9(10(2)13)3-4-11-5-7-12(8-6-11)14(15)16/h5-10H,3-4H2,1-2H3. The summed E-state index contributed by atoms with van der Waals surface area (Å²) in [5.74, 6) is 0.455. The monoisotopic (exact) mass is 241 g/mol. The van der Waals surface area contributed by atoms with Crippen LogP contribution in [0.4, 0.5) is 5.69 Å². The van der Waals surface area contributed by atoms with Gasteiger partial charge in [0, 0.05) is 17.5 Å². The number of rotatable bonds is 5. The van der Waals surface area contributed by atoms with Gasteiger partial charge in [-0.05, 0) is 31.2 Å². The van der Waals surface area contributed by atoms with Crippen LogP contribution < -0.4 is 0 Å². The van der Waals surface area contributed by atoms with E-state index in [1.807, 2.05) is 19.1 Å². The smallest absolute Gasteiger partial charge is 0.258 e. The summed E-state index contributed by atoms with van der Waals surface area (Å²) >= 11 is 5.97. The number of aryl methyl sites for hydroxylation is 1. The van der Waals surface area contributed by atoms with Crippen molar-refractivity contribution in [1.82, 2.24) is 0 Å². The zero-order chi connectivity index (χ0) is 12.1. The fourth-order valence-corrected chi connectivity index (χ4v) is 1.53. The van der Waals surface area contributed by atoms with Gasteiger partial charge in [0.15, 0.2) is 0 Å². The van der Waals surface area contributed by atoms with Gasteiger partial charge in [0.05, 0.1) is 4.92 Å². The van der Waals surface area contributed by atoms with Crippen LogP contribution in [0.1, 0.15) is 25.8 Å². The molecule has 4 heteroatoms. The molecule has 0 spiro atoms. The van der Waals surface area contributed by atoms with E-state index in [1.165, 1.54) is 0 Å². The molecule has 88 valence electrons. The molecule has 1 rings (SSSR count). The number of halogens is 1. The molecule has 0 fully saturated rings. The molecule has 2 atom stereocenters. The Hall–Kier alpha value is -1.09. The molecule has 0 aliphatic carbocycles. The summed E-state index contributed by atoms with van der Waals surface area (Å²) < 4.78 is 0. The van der Waals surface area contributed by atoms with Crippen LogP contribution in [0.2, 0.25) is 0 Å². The van der Waals surface area contributed by atoms with Gasteiger partial charge in [0.25, 0.3) is 5.69 Å². The number of nitrogens with zero attached hydrogens (tertiary/aromatic N) is 1. The van der Waals surface area contributed by atoms with Crippen LogP contribution >= 0.6 is 11.6 Å². The highest BCUT2D eigenvalue weighted by Gasteiger charge is 2.09. The van der Waals surface area contributed by atoms with E-state index >= 15 is 0 Å². The molecule has 0 heterocycles. The van der Waals surface area contributed by atoms with E-state index in [0.717, 1.165) is 18.4 Å². The first-order chi connectivity index (χ1) is 7.50. The summed E-state index contributed by atoms with van der Waals surface area (Å²) in [7, 11) is 0. The van der Waals surface area contributed by atoms with Gasteiger partial charge >= 0.3 is 0 Å². The summed E-state index contributed by atoms with van der Waals surface area (Å²) in [5, 5.41) is 10.6. The Kier molecular flexibility index (Phi) is 4.74. The normalized spacial score (nSPS) is 14.4. The maximum Gasteiger partial charge on any atom is 0.269 e. The third-order valence-electron chi connectivity index (χ3n) is 2.82. The molecule has 0 saturated carbocycles.